The molecule has 1 N–H and O–H groups in total. The molecule has 0 atom stereocenters. The minimum atomic E-state index is 0.982. The van der Waals surface area contributed by atoms with Crippen molar-refractivity contribution in [2.45, 2.75) is 0 Å². The lowest BCUT2D eigenvalue weighted by Crippen LogP contribution is -1.67. The van der Waals surface area contributed by atoms with Gasteiger partial charge < -0.3 is 4.98 Å². The van der Waals surface area contributed by atoms with Gasteiger partial charge >= 0.3 is 0 Å². The maximum atomic E-state index is 4.04. The molecule has 0 amide bonds. The fraction of sp³-hybridized carbons (Fsp3) is 0. The van der Waals surface area contributed by atoms with Crippen LogP contribution in [0.5, 0.6) is 0 Å². The number of H-pyrrole nitrogens is 1. The molecule has 0 bridgehead atoms. The van der Waals surface area contributed by atoms with E-state index in [0.717, 1.165) is 21.3 Å². The summed E-state index contributed by atoms with van der Waals surface area (Å²) in [4.78, 5) is 4.30. The fourth-order valence-corrected chi connectivity index (χ4v) is 1.97. The second-order valence-electron chi connectivity index (χ2n) is 2.62. The van der Waals surface area contributed by atoms with Gasteiger partial charge in [0.2, 0.25) is 0 Å². The van der Waals surface area contributed by atoms with E-state index in [2.05, 4.69) is 20.6 Å². The van der Waals surface area contributed by atoms with E-state index in [9.17, 15) is 0 Å². The zero-order chi connectivity index (χ0) is 7.97. The van der Waals surface area contributed by atoms with Gasteiger partial charge in [0.1, 0.15) is 10.3 Å². The van der Waals surface area contributed by atoms with Crippen molar-refractivity contribution in [1.29, 1.82) is 0 Å². The van der Waals surface area contributed by atoms with Crippen LogP contribution in [0, 0.1) is 0 Å². The molecule has 3 aromatic rings. The Hall–Kier alpha value is -1.42. The van der Waals surface area contributed by atoms with E-state index in [-0.39, 0.29) is 0 Å². The molecule has 0 aliphatic rings. The Morgan fingerprint density at radius 2 is 2.17 bits per heavy atom. The van der Waals surface area contributed by atoms with Crippen LogP contribution in [0.4, 0.5) is 0 Å². The van der Waals surface area contributed by atoms with Gasteiger partial charge in [-0.1, -0.05) is 22.7 Å². The van der Waals surface area contributed by atoms with Crippen LogP contribution in [-0.4, -0.2) is 14.6 Å². The molecule has 0 spiro atoms. The van der Waals surface area contributed by atoms with Crippen LogP contribution in [0.3, 0.4) is 0 Å². The summed E-state index contributed by atoms with van der Waals surface area (Å²) in [5.74, 6) is 0. The van der Waals surface area contributed by atoms with E-state index >= 15 is 0 Å². The van der Waals surface area contributed by atoms with Gasteiger partial charge in [0.25, 0.3) is 0 Å². The average molecular weight is 175 g/mol. The lowest BCUT2D eigenvalue weighted by atomic mass is 10.2. The van der Waals surface area contributed by atoms with Crippen LogP contribution in [0.15, 0.2) is 24.3 Å². The molecule has 0 aliphatic carbocycles. The molecule has 0 fully saturated rings. The number of benzene rings is 1. The van der Waals surface area contributed by atoms with Crippen LogP contribution in [0.2, 0.25) is 0 Å². The van der Waals surface area contributed by atoms with Crippen molar-refractivity contribution >= 4 is 32.8 Å². The number of fused-ring (bicyclic) bond motifs is 3. The molecule has 1 aromatic carbocycles. The molecule has 2 heterocycles. The number of hydrogen-bond acceptors (Lipinski definition) is 3. The summed E-state index contributed by atoms with van der Waals surface area (Å²) in [7, 11) is 0. The van der Waals surface area contributed by atoms with Crippen molar-refractivity contribution < 1.29 is 0 Å². The largest absolute Gasteiger partial charge is 0.344 e. The standard InChI is InChI=1S/C8H5N3S/c1-2-4-6-5(3-1)7-8(9-6)12-11-10-7/h1-4,9H. The van der Waals surface area contributed by atoms with E-state index in [1.54, 1.807) is 0 Å². The van der Waals surface area contributed by atoms with E-state index < -0.39 is 0 Å². The molecule has 0 unspecified atom stereocenters. The van der Waals surface area contributed by atoms with Gasteiger partial charge in [0.05, 0.1) is 0 Å². The molecule has 0 radical (unpaired) electrons. The maximum absolute atomic E-state index is 4.04. The normalized spacial score (nSPS) is 11.3. The van der Waals surface area contributed by atoms with E-state index in [0.29, 0.717) is 0 Å². The predicted molar refractivity (Wildman–Crippen MR) is 49.3 cm³/mol. The molecule has 3 rings (SSSR count). The number of para-hydroxylation sites is 1. The summed E-state index contributed by atoms with van der Waals surface area (Å²) in [6.45, 7) is 0. The summed E-state index contributed by atoms with van der Waals surface area (Å²) in [5, 5.41) is 5.20. The van der Waals surface area contributed by atoms with Crippen LogP contribution >= 0.6 is 11.5 Å². The first-order valence-electron chi connectivity index (χ1n) is 3.64. The Labute approximate surface area is 72.2 Å². The molecule has 2 aromatic heterocycles. The molecular formula is C8H5N3S. The Morgan fingerprint density at radius 1 is 1.25 bits per heavy atom. The molecule has 0 saturated carbocycles. The summed E-state index contributed by atoms with van der Waals surface area (Å²) in [6.07, 6.45) is 0. The number of nitrogens with zero attached hydrogens (tertiary/aromatic N) is 2. The Bertz CT molecular complexity index is 536. The molecule has 4 heteroatoms. The zero-order valence-corrected chi connectivity index (χ0v) is 6.93. The highest BCUT2D eigenvalue weighted by Gasteiger charge is 2.05. The smallest absolute Gasteiger partial charge is 0.142 e. The van der Waals surface area contributed by atoms with E-state index in [1.165, 1.54) is 11.5 Å². The average Bonchev–Trinajstić information content (AvgIpc) is 2.62. The van der Waals surface area contributed by atoms with Crippen LogP contribution < -0.4 is 0 Å². The lowest BCUT2D eigenvalue weighted by Gasteiger charge is -1.84. The topological polar surface area (TPSA) is 41.6 Å². The number of nitrogens with one attached hydrogen (secondary N) is 1. The van der Waals surface area contributed by atoms with Crippen molar-refractivity contribution in [3.05, 3.63) is 24.3 Å². The Morgan fingerprint density at radius 3 is 3.17 bits per heavy atom. The van der Waals surface area contributed by atoms with Gasteiger partial charge in [0, 0.05) is 22.4 Å². The summed E-state index contributed by atoms with van der Waals surface area (Å²) in [5.41, 5.74) is 2.12. The van der Waals surface area contributed by atoms with Crippen LogP contribution in [0.1, 0.15) is 0 Å². The van der Waals surface area contributed by atoms with E-state index in [1.807, 2.05) is 18.2 Å². The Kier molecular flexibility index (Phi) is 1.04. The number of rotatable bonds is 0. The second kappa shape index (κ2) is 2.04. The first-order chi connectivity index (χ1) is 5.95. The molecular weight excluding hydrogens is 170 g/mol. The van der Waals surface area contributed by atoms with Crippen molar-refractivity contribution in [3.8, 4) is 0 Å². The molecule has 0 aliphatic heterocycles. The number of aromatic amines is 1. The highest BCUT2D eigenvalue weighted by Crippen LogP contribution is 2.24. The highest BCUT2D eigenvalue weighted by atomic mass is 32.1. The molecule has 12 heavy (non-hydrogen) atoms. The van der Waals surface area contributed by atoms with Gasteiger partial charge in [-0.15, -0.1) is 5.10 Å². The molecule has 58 valence electrons. The first-order valence-corrected chi connectivity index (χ1v) is 4.41. The summed E-state index contributed by atoms with van der Waals surface area (Å²) < 4.78 is 3.87. The monoisotopic (exact) mass is 175 g/mol. The first kappa shape index (κ1) is 6.14. The molecule has 0 saturated heterocycles. The van der Waals surface area contributed by atoms with Gasteiger partial charge in [-0.05, 0) is 6.07 Å². The van der Waals surface area contributed by atoms with Gasteiger partial charge in [0.15, 0.2) is 0 Å². The summed E-state index contributed by atoms with van der Waals surface area (Å²) >= 11 is 1.40. The van der Waals surface area contributed by atoms with Crippen LogP contribution in [-0.2, 0) is 0 Å². The fourth-order valence-electron chi connectivity index (χ4n) is 1.37. The van der Waals surface area contributed by atoms with Crippen molar-refractivity contribution in [1.82, 2.24) is 14.6 Å². The minimum absolute atomic E-state index is 0.982. The van der Waals surface area contributed by atoms with Gasteiger partial charge in [-0.2, -0.15) is 0 Å². The van der Waals surface area contributed by atoms with Gasteiger partial charge in [-0.25, -0.2) is 0 Å². The van der Waals surface area contributed by atoms with Gasteiger partial charge in [-0.3, -0.25) is 0 Å². The van der Waals surface area contributed by atoms with Crippen LogP contribution in [0.25, 0.3) is 21.3 Å². The minimum Gasteiger partial charge on any atom is -0.344 e. The third kappa shape index (κ3) is 0.648. The third-order valence-corrected chi connectivity index (χ3v) is 2.56. The third-order valence-electron chi connectivity index (χ3n) is 1.92. The quantitative estimate of drug-likeness (QED) is 0.569. The van der Waals surface area contributed by atoms with Crippen molar-refractivity contribution in [2.75, 3.05) is 0 Å². The predicted octanol–water partition coefficient (Wildman–Crippen LogP) is 2.17. The zero-order valence-electron chi connectivity index (χ0n) is 6.11. The lowest BCUT2D eigenvalue weighted by molar-refractivity contribution is 1.20. The summed E-state index contributed by atoms with van der Waals surface area (Å²) in [6, 6.07) is 8.12. The number of aromatic nitrogens is 3. The van der Waals surface area contributed by atoms with Crippen molar-refractivity contribution in [2.24, 2.45) is 0 Å². The Balaban J connectivity index is 2.68. The SMILES string of the molecule is c1ccc2c(c1)[nH]c1snnc12. The van der Waals surface area contributed by atoms with Crippen molar-refractivity contribution in [3.63, 3.8) is 0 Å². The highest BCUT2D eigenvalue weighted by molar-refractivity contribution is 7.12. The van der Waals surface area contributed by atoms with E-state index in [4.69, 9.17) is 0 Å². The number of hydrogen-bond donors (Lipinski definition) is 1. The molecule has 3 nitrogen and oxygen atoms in total. The second-order valence-corrected chi connectivity index (χ2v) is 3.38. The maximum Gasteiger partial charge on any atom is 0.142 e.